The summed E-state index contributed by atoms with van der Waals surface area (Å²) in [5.74, 6) is 1.15. The van der Waals surface area contributed by atoms with Crippen LogP contribution in [0.25, 0.3) is 0 Å². The Balaban J connectivity index is 2.26. The van der Waals surface area contributed by atoms with Crippen molar-refractivity contribution in [3.63, 3.8) is 0 Å². The summed E-state index contributed by atoms with van der Waals surface area (Å²) in [5, 5.41) is 9.14. The van der Waals surface area contributed by atoms with Crippen molar-refractivity contribution in [2.45, 2.75) is 43.5 Å². The number of hydrogen-bond donors (Lipinski definition) is 2. The van der Waals surface area contributed by atoms with Crippen LogP contribution in [0.2, 0.25) is 0 Å². The summed E-state index contributed by atoms with van der Waals surface area (Å²) >= 11 is 0. The summed E-state index contributed by atoms with van der Waals surface area (Å²) in [6.45, 7) is 2.04. The third-order valence-corrected chi connectivity index (χ3v) is 5.58. The van der Waals surface area contributed by atoms with Gasteiger partial charge in [0.25, 0.3) is 0 Å². The highest BCUT2D eigenvalue weighted by Crippen LogP contribution is 2.27. The largest absolute Gasteiger partial charge is 0.497 e. The second-order valence-corrected chi connectivity index (χ2v) is 7.37. The van der Waals surface area contributed by atoms with Crippen molar-refractivity contribution in [1.82, 2.24) is 4.72 Å². The standard InChI is InChI=1S/C15H23NO4S/c1-11-3-4-13(9-11)16-21(18,19)15-6-5-14(20-2)10-12(15)7-8-17/h5-6,10-11,13,16-17H,3-4,7-9H2,1-2H3. The van der Waals surface area contributed by atoms with Crippen LogP contribution in [0, 0.1) is 5.92 Å². The van der Waals surface area contributed by atoms with E-state index in [2.05, 4.69) is 11.6 Å². The average molecular weight is 313 g/mol. The van der Waals surface area contributed by atoms with E-state index >= 15 is 0 Å². The minimum Gasteiger partial charge on any atom is -0.497 e. The van der Waals surface area contributed by atoms with Gasteiger partial charge in [-0.1, -0.05) is 6.92 Å². The first kappa shape index (κ1) is 16.3. The number of benzene rings is 1. The number of ether oxygens (including phenoxy) is 1. The summed E-state index contributed by atoms with van der Waals surface area (Å²) in [5.41, 5.74) is 0.579. The zero-order valence-corrected chi connectivity index (χ0v) is 13.3. The van der Waals surface area contributed by atoms with E-state index in [0.29, 0.717) is 17.2 Å². The van der Waals surface area contributed by atoms with Gasteiger partial charge in [-0.3, -0.25) is 0 Å². The van der Waals surface area contributed by atoms with Gasteiger partial charge >= 0.3 is 0 Å². The smallest absolute Gasteiger partial charge is 0.241 e. The van der Waals surface area contributed by atoms with Crippen LogP contribution >= 0.6 is 0 Å². The first-order valence-electron chi connectivity index (χ1n) is 7.26. The van der Waals surface area contributed by atoms with Crippen LogP contribution in [0.5, 0.6) is 5.75 Å². The first-order valence-corrected chi connectivity index (χ1v) is 8.74. The normalized spacial score (nSPS) is 22.4. The summed E-state index contributed by atoms with van der Waals surface area (Å²) in [4.78, 5) is 0.233. The molecule has 21 heavy (non-hydrogen) atoms. The lowest BCUT2D eigenvalue weighted by atomic mass is 10.1. The quantitative estimate of drug-likeness (QED) is 0.838. The molecule has 1 aliphatic carbocycles. The number of hydrogen-bond acceptors (Lipinski definition) is 4. The topological polar surface area (TPSA) is 75.6 Å². The fourth-order valence-corrected chi connectivity index (χ4v) is 4.39. The van der Waals surface area contributed by atoms with Gasteiger partial charge in [-0.25, -0.2) is 13.1 Å². The predicted octanol–water partition coefficient (Wildman–Crippen LogP) is 1.70. The van der Waals surface area contributed by atoms with E-state index in [-0.39, 0.29) is 24.0 Å². The van der Waals surface area contributed by atoms with Crippen LogP contribution < -0.4 is 9.46 Å². The lowest BCUT2D eigenvalue weighted by Gasteiger charge is -2.16. The number of sulfonamides is 1. The molecule has 0 amide bonds. The number of rotatable bonds is 6. The molecule has 2 N–H and O–H groups in total. The Morgan fingerprint density at radius 3 is 2.71 bits per heavy atom. The van der Waals surface area contributed by atoms with Gasteiger partial charge in [0.1, 0.15) is 5.75 Å². The summed E-state index contributed by atoms with van der Waals surface area (Å²) < 4.78 is 33.0. The minimum atomic E-state index is -3.56. The van der Waals surface area contributed by atoms with E-state index in [1.807, 2.05) is 0 Å². The van der Waals surface area contributed by atoms with Gasteiger partial charge in [-0.2, -0.15) is 0 Å². The average Bonchev–Trinajstić information content (AvgIpc) is 2.83. The van der Waals surface area contributed by atoms with Crippen LogP contribution in [0.4, 0.5) is 0 Å². The molecular weight excluding hydrogens is 290 g/mol. The maximum atomic E-state index is 12.6. The van der Waals surface area contributed by atoms with Gasteiger partial charge in [0.2, 0.25) is 10.0 Å². The first-order chi connectivity index (χ1) is 9.96. The minimum absolute atomic E-state index is 0.00841. The molecular formula is C15H23NO4S. The molecule has 1 aromatic carbocycles. The highest BCUT2D eigenvalue weighted by atomic mass is 32.2. The molecule has 0 heterocycles. The van der Waals surface area contributed by atoms with Crippen LogP contribution in [0.1, 0.15) is 31.7 Å². The van der Waals surface area contributed by atoms with Crippen LogP contribution in [-0.4, -0.2) is 33.3 Å². The molecule has 0 spiro atoms. The molecule has 118 valence electrons. The van der Waals surface area contributed by atoms with E-state index in [9.17, 15) is 8.42 Å². The molecule has 1 saturated carbocycles. The molecule has 1 aliphatic rings. The monoisotopic (exact) mass is 313 g/mol. The van der Waals surface area contributed by atoms with Crippen molar-refractivity contribution in [3.05, 3.63) is 23.8 Å². The zero-order chi connectivity index (χ0) is 15.5. The summed E-state index contributed by atoms with van der Waals surface area (Å²) in [6, 6.07) is 4.85. The van der Waals surface area contributed by atoms with Gasteiger partial charge in [-0.05, 0) is 55.4 Å². The molecule has 5 nitrogen and oxygen atoms in total. The van der Waals surface area contributed by atoms with Crippen molar-refractivity contribution >= 4 is 10.0 Å². The van der Waals surface area contributed by atoms with Crippen molar-refractivity contribution < 1.29 is 18.3 Å². The number of methoxy groups -OCH3 is 1. The maximum absolute atomic E-state index is 12.6. The van der Waals surface area contributed by atoms with Crippen molar-refractivity contribution in [3.8, 4) is 5.75 Å². The van der Waals surface area contributed by atoms with Crippen LogP contribution in [0.3, 0.4) is 0 Å². The Hall–Kier alpha value is -1.11. The van der Waals surface area contributed by atoms with Crippen LogP contribution in [0.15, 0.2) is 23.1 Å². The molecule has 2 atom stereocenters. The molecule has 2 unspecified atom stereocenters. The van der Waals surface area contributed by atoms with E-state index < -0.39 is 10.0 Å². The number of aliphatic hydroxyl groups excluding tert-OH is 1. The summed E-state index contributed by atoms with van der Waals surface area (Å²) in [7, 11) is -2.03. The second kappa shape index (κ2) is 6.77. The molecule has 0 saturated heterocycles. The molecule has 1 fully saturated rings. The Kier molecular flexibility index (Phi) is 5.24. The molecule has 1 aromatic rings. The van der Waals surface area contributed by atoms with Crippen molar-refractivity contribution in [2.75, 3.05) is 13.7 Å². The summed E-state index contributed by atoms with van der Waals surface area (Å²) in [6.07, 6.45) is 3.10. The number of nitrogens with one attached hydrogen (secondary N) is 1. The van der Waals surface area contributed by atoms with E-state index in [0.717, 1.165) is 19.3 Å². The Bertz CT molecular complexity index is 585. The molecule has 2 rings (SSSR count). The van der Waals surface area contributed by atoms with Crippen molar-refractivity contribution in [1.29, 1.82) is 0 Å². The van der Waals surface area contributed by atoms with Gasteiger partial charge in [-0.15, -0.1) is 0 Å². The van der Waals surface area contributed by atoms with E-state index in [1.54, 1.807) is 18.2 Å². The Morgan fingerprint density at radius 1 is 1.38 bits per heavy atom. The molecule has 0 bridgehead atoms. The van der Waals surface area contributed by atoms with Gasteiger partial charge in [0.05, 0.1) is 12.0 Å². The lowest BCUT2D eigenvalue weighted by molar-refractivity contribution is 0.298. The predicted molar refractivity (Wildman–Crippen MR) is 80.9 cm³/mol. The Morgan fingerprint density at radius 2 is 2.14 bits per heavy atom. The molecule has 6 heteroatoms. The van der Waals surface area contributed by atoms with Gasteiger partial charge in [0, 0.05) is 12.6 Å². The van der Waals surface area contributed by atoms with Crippen LogP contribution in [-0.2, 0) is 16.4 Å². The number of aliphatic hydroxyl groups is 1. The Labute approximate surface area is 126 Å². The highest BCUT2D eigenvalue weighted by molar-refractivity contribution is 7.89. The maximum Gasteiger partial charge on any atom is 0.241 e. The van der Waals surface area contributed by atoms with Gasteiger partial charge < -0.3 is 9.84 Å². The van der Waals surface area contributed by atoms with E-state index in [1.165, 1.54) is 7.11 Å². The highest BCUT2D eigenvalue weighted by Gasteiger charge is 2.27. The molecule has 0 radical (unpaired) electrons. The van der Waals surface area contributed by atoms with E-state index in [4.69, 9.17) is 9.84 Å². The second-order valence-electron chi connectivity index (χ2n) is 5.68. The SMILES string of the molecule is COc1ccc(S(=O)(=O)NC2CCC(C)C2)c(CCO)c1. The third kappa shape index (κ3) is 3.96. The molecule has 0 aromatic heterocycles. The zero-order valence-electron chi connectivity index (χ0n) is 12.5. The lowest BCUT2D eigenvalue weighted by Crippen LogP contribution is -2.33. The fourth-order valence-electron chi connectivity index (χ4n) is 2.86. The van der Waals surface area contributed by atoms with Crippen molar-refractivity contribution in [2.24, 2.45) is 5.92 Å². The molecule has 0 aliphatic heterocycles. The van der Waals surface area contributed by atoms with Gasteiger partial charge in [0.15, 0.2) is 0 Å². The third-order valence-electron chi connectivity index (χ3n) is 3.95. The fraction of sp³-hybridized carbons (Fsp3) is 0.600.